The number of hydrogen-bond acceptors (Lipinski definition) is 2. The molecule has 1 aliphatic heterocycles. The zero-order valence-electron chi connectivity index (χ0n) is 10.3. The smallest absolute Gasteiger partial charge is 0.0732 e. The highest BCUT2D eigenvalue weighted by Gasteiger charge is 2.25. The first kappa shape index (κ1) is 12.9. The Bertz CT molecular complexity index is 350. The Labute approximate surface area is 108 Å². The maximum atomic E-state index is 6.01. The van der Waals surface area contributed by atoms with Gasteiger partial charge in [0.2, 0.25) is 0 Å². The Morgan fingerprint density at radius 2 is 2.41 bits per heavy atom. The fourth-order valence-electron chi connectivity index (χ4n) is 2.44. The Hall–Kier alpha value is -0.570. The Morgan fingerprint density at radius 1 is 1.53 bits per heavy atom. The third-order valence-corrected chi connectivity index (χ3v) is 3.46. The van der Waals surface area contributed by atoms with Gasteiger partial charge in [-0.2, -0.15) is 0 Å². The number of rotatable bonds is 5. The van der Waals surface area contributed by atoms with Crippen LogP contribution in [-0.4, -0.2) is 25.3 Å². The molecule has 1 aromatic carbocycles. The van der Waals surface area contributed by atoms with Gasteiger partial charge in [0.1, 0.15) is 0 Å². The molecule has 2 nitrogen and oxygen atoms in total. The second-order valence-electron chi connectivity index (χ2n) is 4.55. The van der Waals surface area contributed by atoms with Gasteiger partial charge in [-0.15, -0.1) is 0 Å². The summed E-state index contributed by atoms with van der Waals surface area (Å²) in [5, 5.41) is 4.33. The lowest BCUT2D eigenvalue weighted by atomic mass is 9.99. The monoisotopic (exact) mass is 253 g/mol. The lowest BCUT2D eigenvalue weighted by Gasteiger charge is -2.24. The van der Waals surface area contributed by atoms with Crippen molar-refractivity contribution in [1.82, 2.24) is 5.32 Å². The maximum absolute atomic E-state index is 6.01. The Balaban J connectivity index is 2.01. The van der Waals surface area contributed by atoms with Crippen molar-refractivity contribution in [3.05, 3.63) is 34.9 Å². The highest BCUT2D eigenvalue weighted by Crippen LogP contribution is 2.20. The van der Waals surface area contributed by atoms with E-state index in [4.69, 9.17) is 16.3 Å². The predicted molar refractivity (Wildman–Crippen MR) is 71.6 cm³/mol. The number of ether oxygens (including phenoxy) is 1. The van der Waals surface area contributed by atoms with Gasteiger partial charge in [-0.25, -0.2) is 0 Å². The highest BCUT2D eigenvalue weighted by atomic mass is 35.5. The van der Waals surface area contributed by atoms with Crippen molar-refractivity contribution in [2.75, 3.05) is 13.2 Å². The summed E-state index contributed by atoms with van der Waals surface area (Å²) in [6.45, 7) is 4.02. The van der Waals surface area contributed by atoms with E-state index in [0.717, 1.165) is 31.0 Å². The van der Waals surface area contributed by atoms with Gasteiger partial charge in [0.05, 0.1) is 6.10 Å². The van der Waals surface area contributed by atoms with E-state index in [2.05, 4.69) is 18.3 Å². The maximum Gasteiger partial charge on any atom is 0.0732 e. The third-order valence-electron chi connectivity index (χ3n) is 3.22. The molecule has 1 saturated heterocycles. The van der Waals surface area contributed by atoms with Gasteiger partial charge < -0.3 is 10.1 Å². The molecule has 0 radical (unpaired) electrons. The van der Waals surface area contributed by atoms with Crippen LogP contribution in [0, 0.1) is 0 Å². The lowest BCUT2D eigenvalue weighted by molar-refractivity contribution is 0.0789. The second kappa shape index (κ2) is 6.39. The lowest BCUT2D eigenvalue weighted by Crippen LogP contribution is -2.41. The molecular weight excluding hydrogens is 234 g/mol. The molecule has 1 aromatic rings. The van der Waals surface area contributed by atoms with Crippen molar-refractivity contribution < 1.29 is 4.74 Å². The number of hydrogen-bond donors (Lipinski definition) is 1. The van der Waals surface area contributed by atoms with Gasteiger partial charge in [0.15, 0.2) is 0 Å². The molecule has 1 fully saturated rings. The van der Waals surface area contributed by atoms with Crippen LogP contribution in [0.15, 0.2) is 24.3 Å². The van der Waals surface area contributed by atoms with E-state index in [0.29, 0.717) is 12.1 Å². The molecule has 2 unspecified atom stereocenters. The number of nitrogens with one attached hydrogen (secondary N) is 1. The summed E-state index contributed by atoms with van der Waals surface area (Å²) in [5.74, 6) is 0. The van der Waals surface area contributed by atoms with Gasteiger partial charge in [-0.1, -0.05) is 30.7 Å². The Kier molecular flexibility index (Phi) is 4.84. The largest absolute Gasteiger partial charge is 0.377 e. The van der Waals surface area contributed by atoms with Gasteiger partial charge in [0, 0.05) is 17.7 Å². The molecule has 0 spiro atoms. The molecule has 3 heteroatoms. The van der Waals surface area contributed by atoms with Crippen molar-refractivity contribution in [1.29, 1.82) is 0 Å². The van der Waals surface area contributed by atoms with Crippen LogP contribution >= 0.6 is 11.6 Å². The molecule has 0 bridgehead atoms. The normalized spacial score (nSPS) is 21.6. The van der Waals surface area contributed by atoms with Crippen molar-refractivity contribution in [2.45, 2.75) is 38.3 Å². The molecule has 0 saturated carbocycles. The molecule has 2 rings (SSSR count). The van der Waals surface area contributed by atoms with Crippen molar-refractivity contribution in [3.63, 3.8) is 0 Å². The minimum Gasteiger partial charge on any atom is -0.377 e. The summed E-state index contributed by atoms with van der Waals surface area (Å²) in [4.78, 5) is 0. The number of likely N-dealkylation sites (N-methyl/N-ethyl adjacent to an activating group) is 1. The number of benzene rings is 1. The van der Waals surface area contributed by atoms with E-state index in [1.807, 2.05) is 18.2 Å². The molecule has 17 heavy (non-hydrogen) atoms. The quantitative estimate of drug-likeness (QED) is 0.871. The molecule has 0 amide bonds. The molecule has 94 valence electrons. The zero-order valence-corrected chi connectivity index (χ0v) is 11.0. The van der Waals surface area contributed by atoms with Crippen LogP contribution in [0.1, 0.15) is 25.3 Å². The Morgan fingerprint density at radius 3 is 3.06 bits per heavy atom. The number of halogens is 1. The van der Waals surface area contributed by atoms with E-state index in [-0.39, 0.29) is 0 Å². The minimum absolute atomic E-state index is 0.355. The van der Waals surface area contributed by atoms with E-state index in [1.165, 1.54) is 12.0 Å². The molecule has 2 atom stereocenters. The summed E-state index contributed by atoms with van der Waals surface area (Å²) >= 11 is 6.01. The van der Waals surface area contributed by atoms with Crippen LogP contribution < -0.4 is 5.32 Å². The predicted octanol–water partition coefficient (Wildman–Crippen LogP) is 3.04. The second-order valence-corrected chi connectivity index (χ2v) is 4.99. The highest BCUT2D eigenvalue weighted by molar-refractivity contribution is 6.30. The molecule has 1 N–H and O–H groups in total. The van der Waals surface area contributed by atoms with Crippen LogP contribution in [0.25, 0.3) is 0 Å². The molecule has 0 aliphatic carbocycles. The van der Waals surface area contributed by atoms with E-state index in [9.17, 15) is 0 Å². The standard InChI is InChI=1S/C14H20ClNO/c1-2-16-13(14-7-4-8-17-14)10-11-5-3-6-12(15)9-11/h3,5-6,9,13-14,16H,2,4,7-8,10H2,1H3. The fraction of sp³-hybridized carbons (Fsp3) is 0.571. The summed E-state index contributed by atoms with van der Waals surface area (Å²) in [6, 6.07) is 8.50. The summed E-state index contributed by atoms with van der Waals surface area (Å²) in [6.07, 6.45) is 3.69. The first-order valence-corrected chi connectivity index (χ1v) is 6.77. The molecule has 1 aliphatic rings. The van der Waals surface area contributed by atoms with E-state index < -0.39 is 0 Å². The first-order valence-electron chi connectivity index (χ1n) is 6.39. The van der Waals surface area contributed by atoms with E-state index in [1.54, 1.807) is 0 Å². The summed E-state index contributed by atoms with van der Waals surface area (Å²) in [7, 11) is 0. The topological polar surface area (TPSA) is 21.3 Å². The average molecular weight is 254 g/mol. The van der Waals surface area contributed by atoms with Crippen LogP contribution in [0.2, 0.25) is 5.02 Å². The van der Waals surface area contributed by atoms with Crippen LogP contribution in [0.3, 0.4) is 0 Å². The van der Waals surface area contributed by atoms with Crippen molar-refractivity contribution in [3.8, 4) is 0 Å². The third kappa shape index (κ3) is 3.70. The van der Waals surface area contributed by atoms with Gasteiger partial charge in [0.25, 0.3) is 0 Å². The minimum atomic E-state index is 0.355. The van der Waals surface area contributed by atoms with Crippen LogP contribution in [-0.2, 0) is 11.2 Å². The van der Waals surface area contributed by atoms with Crippen molar-refractivity contribution in [2.24, 2.45) is 0 Å². The summed E-state index contributed by atoms with van der Waals surface area (Å²) < 4.78 is 5.77. The van der Waals surface area contributed by atoms with E-state index >= 15 is 0 Å². The van der Waals surface area contributed by atoms with Gasteiger partial charge in [-0.3, -0.25) is 0 Å². The first-order chi connectivity index (χ1) is 8.29. The van der Waals surface area contributed by atoms with Crippen LogP contribution in [0.4, 0.5) is 0 Å². The van der Waals surface area contributed by atoms with Crippen molar-refractivity contribution >= 4 is 11.6 Å². The fourth-order valence-corrected chi connectivity index (χ4v) is 2.65. The average Bonchev–Trinajstić information content (AvgIpc) is 2.82. The molecule has 0 aromatic heterocycles. The SMILES string of the molecule is CCNC(Cc1cccc(Cl)c1)C1CCCO1. The molecular formula is C14H20ClNO. The molecule has 1 heterocycles. The van der Waals surface area contributed by atoms with Gasteiger partial charge in [-0.05, 0) is 43.5 Å². The van der Waals surface area contributed by atoms with Gasteiger partial charge >= 0.3 is 0 Å². The summed E-state index contributed by atoms with van der Waals surface area (Å²) in [5.41, 5.74) is 1.28. The van der Waals surface area contributed by atoms with Crippen LogP contribution in [0.5, 0.6) is 0 Å². The zero-order chi connectivity index (χ0) is 12.1.